The second-order valence-corrected chi connectivity index (χ2v) is 5.65. The maximum Gasteiger partial charge on any atom is 0.191 e. The van der Waals surface area contributed by atoms with Gasteiger partial charge in [-0.05, 0) is 18.0 Å². The molecule has 1 fully saturated rings. The van der Waals surface area contributed by atoms with Crippen molar-refractivity contribution in [1.29, 1.82) is 0 Å². The van der Waals surface area contributed by atoms with Crippen LogP contribution in [0.2, 0.25) is 0 Å². The monoisotopic (exact) mass is 278 g/mol. The molecule has 1 saturated heterocycles. The van der Waals surface area contributed by atoms with E-state index < -0.39 is 0 Å². The fourth-order valence-electron chi connectivity index (χ4n) is 2.50. The van der Waals surface area contributed by atoms with Crippen LogP contribution >= 0.6 is 11.3 Å². The summed E-state index contributed by atoms with van der Waals surface area (Å²) in [5, 5.41) is 10.0. The van der Waals surface area contributed by atoms with Crippen LogP contribution in [-0.4, -0.2) is 40.6 Å². The predicted octanol–water partition coefficient (Wildman–Crippen LogP) is 1.64. The van der Waals surface area contributed by atoms with Crippen LogP contribution in [0.1, 0.15) is 18.7 Å². The number of ether oxygens (including phenoxy) is 1. The van der Waals surface area contributed by atoms with Gasteiger partial charge in [0.2, 0.25) is 0 Å². The first kappa shape index (κ1) is 12.8. The molecule has 0 saturated carbocycles. The van der Waals surface area contributed by atoms with Crippen LogP contribution in [-0.2, 0) is 11.8 Å². The zero-order valence-corrected chi connectivity index (χ0v) is 12.0. The van der Waals surface area contributed by atoms with Crippen molar-refractivity contribution in [1.82, 2.24) is 20.1 Å². The lowest BCUT2D eigenvalue weighted by Crippen LogP contribution is -2.35. The summed E-state index contributed by atoms with van der Waals surface area (Å²) in [7, 11) is 1.96. The van der Waals surface area contributed by atoms with Gasteiger partial charge in [-0.25, -0.2) is 4.98 Å². The molecule has 19 heavy (non-hydrogen) atoms. The van der Waals surface area contributed by atoms with Crippen molar-refractivity contribution in [3.63, 3.8) is 0 Å². The number of likely N-dealkylation sites (N-methyl/N-ethyl adjacent to an activating group) is 1. The fourth-order valence-corrected chi connectivity index (χ4v) is 3.15. The van der Waals surface area contributed by atoms with Crippen molar-refractivity contribution in [3.8, 4) is 10.7 Å². The summed E-state index contributed by atoms with van der Waals surface area (Å²) in [6, 6.07) is 4.41. The highest BCUT2D eigenvalue weighted by Gasteiger charge is 2.32. The largest absolute Gasteiger partial charge is 0.379 e. The molecule has 0 aliphatic carbocycles. The number of hydrogen-bond donors (Lipinski definition) is 1. The van der Waals surface area contributed by atoms with E-state index in [0.717, 1.165) is 29.7 Å². The van der Waals surface area contributed by atoms with E-state index in [4.69, 9.17) is 9.72 Å². The lowest BCUT2D eigenvalue weighted by atomic mass is 10.0. The third-order valence-electron chi connectivity index (χ3n) is 3.42. The molecule has 1 aliphatic heterocycles. The van der Waals surface area contributed by atoms with Crippen molar-refractivity contribution in [3.05, 3.63) is 23.3 Å². The summed E-state index contributed by atoms with van der Waals surface area (Å²) < 4.78 is 7.48. The van der Waals surface area contributed by atoms with Crippen molar-refractivity contribution in [2.75, 3.05) is 19.8 Å². The molecule has 3 rings (SSSR count). The van der Waals surface area contributed by atoms with Gasteiger partial charge in [-0.15, -0.1) is 11.3 Å². The first-order valence-electron chi connectivity index (χ1n) is 6.55. The van der Waals surface area contributed by atoms with E-state index in [1.54, 1.807) is 11.3 Å². The topological polar surface area (TPSA) is 52.0 Å². The SMILES string of the molecule is CCNC1COCC1c1nc(-c2cccs2)nn1C. The molecule has 0 bridgehead atoms. The van der Waals surface area contributed by atoms with Gasteiger partial charge in [0.1, 0.15) is 5.82 Å². The third-order valence-corrected chi connectivity index (χ3v) is 4.28. The summed E-state index contributed by atoms with van der Waals surface area (Å²) in [5.41, 5.74) is 0. The average Bonchev–Trinajstić information content (AvgIpc) is 3.08. The normalized spacial score (nSPS) is 23.1. The fraction of sp³-hybridized carbons (Fsp3) is 0.538. The molecule has 2 unspecified atom stereocenters. The quantitative estimate of drug-likeness (QED) is 0.923. The Morgan fingerprint density at radius 1 is 1.53 bits per heavy atom. The van der Waals surface area contributed by atoms with E-state index in [2.05, 4.69) is 23.4 Å². The number of thiophene rings is 1. The highest BCUT2D eigenvalue weighted by molar-refractivity contribution is 7.13. The number of aromatic nitrogens is 3. The minimum atomic E-state index is 0.283. The van der Waals surface area contributed by atoms with Crippen LogP contribution in [0.25, 0.3) is 10.7 Å². The molecule has 1 N–H and O–H groups in total. The molecule has 1 aliphatic rings. The van der Waals surface area contributed by atoms with Gasteiger partial charge in [0.05, 0.1) is 24.0 Å². The molecular weight excluding hydrogens is 260 g/mol. The zero-order valence-electron chi connectivity index (χ0n) is 11.2. The Balaban J connectivity index is 1.88. The van der Waals surface area contributed by atoms with E-state index in [9.17, 15) is 0 Å². The third kappa shape index (κ3) is 2.43. The molecule has 0 radical (unpaired) electrons. The Bertz CT molecular complexity index is 537. The number of aryl methyl sites for hydroxylation is 1. The van der Waals surface area contributed by atoms with Crippen molar-refractivity contribution < 1.29 is 4.74 Å². The summed E-state index contributed by atoms with van der Waals surface area (Å²) in [5.74, 6) is 2.10. The smallest absolute Gasteiger partial charge is 0.191 e. The molecule has 2 atom stereocenters. The van der Waals surface area contributed by atoms with Crippen LogP contribution in [0.4, 0.5) is 0 Å². The molecule has 102 valence electrons. The summed E-state index contributed by atoms with van der Waals surface area (Å²) in [6.45, 7) is 4.52. The minimum Gasteiger partial charge on any atom is -0.379 e. The molecule has 2 aromatic heterocycles. The summed E-state index contributed by atoms with van der Waals surface area (Å²) in [4.78, 5) is 5.82. The average molecular weight is 278 g/mol. The van der Waals surface area contributed by atoms with Crippen LogP contribution < -0.4 is 5.32 Å². The van der Waals surface area contributed by atoms with Gasteiger partial charge in [-0.3, -0.25) is 4.68 Å². The molecule has 2 aromatic rings. The Kier molecular flexibility index (Phi) is 3.63. The van der Waals surface area contributed by atoms with Gasteiger partial charge in [0, 0.05) is 13.1 Å². The molecule has 5 nitrogen and oxygen atoms in total. The lowest BCUT2D eigenvalue weighted by molar-refractivity contribution is 0.187. The van der Waals surface area contributed by atoms with Crippen molar-refractivity contribution >= 4 is 11.3 Å². The number of nitrogens with zero attached hydrogens (tertiary/aromatic N) is 3. The molecule has 3 heterocycles. The van der Waals surface area contributed by atoms with E-state index in [1.807, 2.05) is 23.2 Å². The summed E-state index contributed by atoms with van der Waals surface area (Å²) >= 11 is 1.67. The van der Waals surface area contributed by atoms with Crippen LogP contribution in [0.15, 0.2) is 17.5 Å². The van der Waals surface area contributed by atoms with Crippen LogP contribution in [0.3, 0.4) is 0 Å². The van der Waals surface area contributed by atoms with Gasteiger partial charge in [0.25, 0.3) is 0 Å². The minimum absolute atomic E-state index is 0.283. The standard InChI is InChI=1S/C13H18N4OS/c1-3-14-10-8-18-7-9(10)13-15-12(16-17(13)2)11-5-4-6-19-11/h4-6,9-10,14H,3,7-8H2,1-2H3. The second kappa shape index (κ2) is 5.40. The number of hydrogen-bond acceptors (Lipinski definition) is 5. The van der Waals surface area contributed by atoms with E-state index in [1.165, 1.54) is 0 Å². The second-order valence-electron chi connectivity index (χ2n) is 4.70. The van der Waals surface area contributed by atoms with E-state index >= 15 is 0 Å². The van der Waals surface area contributed by atoms with Crippen LogP contribution in [0, 0.1) is 0 Å². The Morgan fingerprint density at radius 2 is 2.42 bits per heavy atom. The number of nitrogens with one attached hydrogen (secondary N) is 1. The Hall–Kier alpha value is -1.24. The molecule has 0 spiro atoms. The highest BCUT2D eigenvalue weighted by Crippen LogP contribution is 2.27. The van der Waals surface area contributed by atoms with Gasteiger partial charge in [-0.2, -0.15) is 5.10 Å². The van der Waals surface area contributed by atoms with Crippen molar-refractivity contribution in [2.24, 2.45) is 7.05 Å². The number of rotatable bonds is 4. The molecule has 6 heteroatoms. The predicted molar refractivity (Wildman–Crippen MR) is 75.3 cm³/mol. The Labute approximate surface area is 116 Å². The van der Waals surface area contributed by atoms with Gasteiger partial charge >= 0.3 is 0 Å². The highest BCUT2D eigenvalue weighted by atomic mass is 32.1. The zero-order chi connectivity index (χ0) is 13.2. The van der Waals surface area contributed by atoms with Crippen molar-refractivity contribution in [2.45, 2.75) is 18.9 Å². The maximum absolute atomic E-state index is 5.59. The summed E-state index contributed by atoms with van der Waals surface area (Å²) in [6.07, 6.45) is 0. The van der Waals surface area contributed by atoms with E-state index in [0.29, 0.717) is 12.6 Å². The first-order valence-corrected chi connectivity index (χ1v) is 7.43. The van der Waals surface area contributed by atoms with Gasteiger partial charge in [-0.1, -0.05) is 13.0 Å². The first-order chi connectivity index (χ1) is 9.29. The Morgan fingerprint density at radius 3 is 3.16 bits per heavy atom. The molecule has 0 aromatic carbocycles. The van der Waals surface area contributed by atoms with Gasteiger partial charge < -0.3 is 10.1 Å². The maximum atomic E-state index is 5.59. The van der Waals surface area contributed by atoms with E-state index in [-0.39, 0.29) is 5.92 Å². The van der Waals surface area contributed by atoms with Crippen LogP contribution in [0.5, 0.6) is 0 Å². The molecular formula is C13H18N4OS. The molecule has 0 amide bonds. The van der Waals surface area contributed by atoms with Gasteiger partial charge in [0.15, 0.2) is 5.82 Å². The lowest BCUT2D eigenvalue weighted by Gasteiger charge is -2.16.